The van der Waals surface area contributed by atoms with Crippen LogP contribution in [0.3, 0.4) is 0 Å². The van der Waals surface area contributed by atoms with Gasteiger partial charge in [0, 0.05) is 12.6 Å². The lowest BCUT2D eigenvalue weighted by Gasteiger charge is -2.21. The molecule has 0 saturated heterocycles. The van der Waals surface area contributed by atoms with Gasteiger partial charge in [0.05, 0.1) is 11.3 Å². The third-order valence-electron chi connectivity index (χ3n) is 2.65. The normalized spacial score (nSPS) is 13.4. The van der Waals surface area contributed by atoms with Crippen LogP contribution in [0.25, 0.3) is 0 Å². The number of carbonyl (C=O) groups excluding carboxylic acids is 1. The van der Waals surface area contributed by atoms with Crippen molar-refractivity contribution in [3.8, 4) is 0 Å². The van der Waals surface area contributed by atoms with Gasteiger partial charge in [-0.25, -0.2) is 9.18 Å². The highest BCUT2D eigenvalue weighted by Crippen LogP contribution is 2.31. The van der Waals surface area contributed by atoms with E-state index in [9.17, 15) is 22.4 Å². The number of anilines is 1. The summed E-state index contributed by atoms with van der Waals surface area (Å²) in [6, 6.07) is 1.61. The minimum Gasteiger partial charge on any atom is -0.444 e. The van der Waals surface area contributed by atoms with Crippen LogP contribution in [-0.4, -0.2) is 24.3 Å². The van der Waals surface area contributed by atoms with E-state index in [0.717, 1.165) is 6.07 Å². The fourth-order valence-corrected chi connectivity index (χ4v) is 1.68. The van der Waals surface area contributed by atoms with E-state index < -0.39 is 35.3 Å². The SMILES string of the molecule is CC(CNC(=O)OC(C)(C)C)Nc1cc(C(F)(F)F)ccc1F. The van der Waals surface area contributed by atoms with Crippen LogP contribution in [0.5, 0.6) is 0 Å². The van der Waals surface area contributed by atoms with Gasteiger partial charge in [-0.1, -0.05) is 0 Å². The number of rotatable bonds is 4. The van der Waals surface area contributed by atoms with Gasteiger partial charge in [0.25, 0.3) is 0 Å². The van der Waals surface area contributed by atoms with Crippen molar-refractivity contribution in [1.29, 1.82) is 0 Å². The molecule has 1 rings (SSSR count). The third-order valence-corrected chi connectivity index (χ3v) is 2.65. The molecular weight excluding hydrogens is 316 g/mol. The molecule has 1 aromatic rings. The number of alkyl carbamates (subject to hydrolysis) is 1. The minimum atomic E-state index is -4.55. The zero-order chi connectivity index (χ0) is 17.8. The number of carbonyl (C=O) groups is 1. The molecule has 1 amide bonds. The maximum atomic E-state index is 13.6. The van der Waals surface area contributed by atoms with Crippen LogP contribution < -0.4 is 10.6 Å². The molecule has 0 heterocycles. The van der Waals surface area contributed by atoms with E-state index in [1.54, 1.807) is 27.7 Å². The Kier molecular flexibility index (Phi) is 5.85. The molecule has 0 radical (unpaired) electrons. The molecule has 0 spiro atoms. The maximum Gasteiger partial charge on any atom is 0.416 e. The molecule has 0 aromatic heterocycles. The highest BCUT2D eigenvalue weighted by Gasteiger charge is 2.31. The molecule has 4 nitrogen and oxygen atoms in total. The summed E-state index contributed by atoms with van der Waals surface area (Å²) in [5.41, 5.74) is -1.89. The van der Waals surface area contributed by atoms with E-state index in [1.165, 1.54) is 0 Å². The van der Waals surface area contributed by atoms with Crippen molar-refractivity contribution in [2.75, 3.05) is 11.9 Å². The molecule has 0 aliphatic carbocycles. The van der Waals surface area contributed by atoms with E-state index in [1.807, 2.05) is 0 Å². The number of ether oxygens (including phenoxy) is 1. The van der Waals surface area contributed by atoms with Crippen molar-refractivity contribution in [3.63, 3.8) is 0 Å². The van der Waals surface area contributed by atoms with Crippen LogP contribution in [-0.2, 0) is 10.9 Å². The minimum absolute atomic E-state index is 0.0601. The van der Waals surface area contributed by atoms with Gasteiger partial charge in [-0.3, -0.25) is 0 Å². The number of benzene rings is 1. The first kappa shape index (κ1) is 19.1. The molecule has 1 aromatic carbocycles. The zero-order valence-electron chi connectivity index (χ0n) is 13.3. The number of hydrogen-bond donors (Lipinski definition) is 2. The van der Waals surface area contributed by atoms with Crippen LogP contribution >= 0.6 is 0 Å². The summed E-state index contributed by atoms with van der Waals surface area (Å²) in [6.07, 6.45) is -5.21. The fourth-order valence-electron chi connectivity index (χ4n) is 1.68. The lowest BCUT2D eigenvalue weighted by molar-refractivity contribution is -0.137. The largest absolute Gasteiger partial charge is 0.444 e. The molecule has 0 aliphatic heterocycles. The highest BCUT2D eigenvalue weighted by atomic mass is 19.4. The second-order valence-corrected chi connectivity index (χ2v) is 6.12. The van der Waals surface area contributed by atoms with Crippen molar-refractivity contribution < 1.29 is 27.1 Å². The topological polar surface area (TPSA) is 50.4 Å². The first-order valence-electron chi connectivity index (χ1n) is 6.98. The Morgan fingerprint density at radius 1 is 1.26 bits per heavy atom. The Bertz CT molecular complexity index is 553. The number of halogens is 4. The predicted octanol–water partition coefficient (Wildman–Crippen LogP) is 4.17. The standard InChI is InChI=1S/C15H20F4N2O2/c1-9(8-20-13(22)23-14(2,3)4)21-12-7-10(15(17,18)19)5-6-11(12)16/h5-7,9,21H,8H2,1-4H3,(H,20,22). The first-order valence-corrected chi connectivity index (χ1v) is 6.98. The Hall–Kier alpha value is -1.99. The second-order valence-electron chi connectivity index (χ2n) is 6.12. The molecule has 1 unspecified atom stereocenters. The Morgan fingerprint density at radius 2 is 1.87 bits per heavy atom. The van der Waals surface area contributed by atoms with Crippen molar-refractivity contribution in [1.82, 2.24) is 5.32 Å². The zero-order valence-corrected chi connectivity index (χ0v) is 13.3. The first-order chi connectivity index (χ1) is 10.4. The summed E-state index contributed by atoms with van der Waals surface area (Å²) >= 11 is 0. The van der Waals surface area contributed by atoms with E-state index >= 15 is 0 Å². The van der Waals surface area contributed by atoms with Gasteiger partial charge in [0.2, 0.25) is 0 Å². The molecule has 0 bridgehead atoms. The third kappa shape index (κ3) is 6.75. The Labute approximate surface area is 132 Å². The quantitative estimate of drug-likeness (QED) is 0.812. The molecule has 130 valence electrons. The summed E-state index contributed by atoms with van der Waals surface area (Å²) in [4.78, 5) is 11.5. The van der Waals surface area contributed by atoms with Crippen molar-refractivity contribution >= 4 is 11.8 Å². The predicted molar refractivity (Wildman–Crippen MR) is 78.7 cm³/mol. The van der Waals surface area contributed by atoms with Gasteiger partial charge in [0.1, 0.15) is 11.4 Å². The van der Waals surface area contributed by atoms with Crippen molar-refractivity contribution in [2.45, 2.75) is 45.5 Å². The van der Waals surface area contributed by atoms with Gasteiger partial charge >= 0.3 is 12.3 Å². The molecule has 23 heavy (non-hydrogen) atoms. The molecule has 0 aliphatic rings. The average molecular weight is 336 g/mol. The van der Waals surface area contributed by atoms with Gasteiger partial charge < -0.3 is 15.4 Å². The monoisotopic (exact) mass is 336 g/mol. The maximum absolute atomic E-state index is 13.6. The number of amides is 1. The number of nitrogens with one attached hydrogen (secondary N) is 2. The van der Waals surface area contributed by atoms with Crippen LogP contribution in [0.1, 0.15) is 33.3 Å². The molecule has 2 N–H and O–H groups in total. The van der Waals surface area contributed by atoms with Crippen LogP contribution in [0.4, 0.5) is 28.0 Å². The lowest BCUT2D eigenvalue weighted by atomic mass is 10.1. The van der Waals surface area contributed by atoms with Gasteiger partial charge in [-0.2, -0.15) is 13.2 Å². The van der Waals surface area contributed by atoms with E-state index in [2.05, 4.69) is 10.6 Å². The van der Waals surface area contributed by atoms with Crippen molar-refractivity contribution in [3.05, 3.63) is 29.6 Å². The summed E-state index contributed by atoms with van der Waals surface area (Å²) in [5.74, 6) is -0.804. The average Bonchev–Trinajstić information content (AvgIpc) is 2.35. The molecule has 8 heteroatoms. The molecule has 0 fully saturated rings. The number of alkyl halides is 3. The van der Waals surface area contributed by atoms with E-state index in [4.69, 9.17) is 4.74 Å². The van der Waals surface area contributed by atoms with Gasteiger partial charge in [-0.05, 0) is 45.9 Å². The van der Waals surface area contributed by atoms with E-state index in [-0.39, 0.29) is 12.2 Å². The Balaban J connectivity index is 2.64. The fraction of sp³-hybridized carbons (Fsp3) is 0.533. The van der Waals surface area contributed by atoms with Crippen LogP contribution in [0.2, 0.25) is 0 Å². The highest BCUT2D eigenvalue weighted by molar-refractivity contribution is 5.67. The van der Waals surface area contributed by atoms with Crippen LogP contribution in [0, 0.1) is 5.82 Å². The number of hydrogen-bond acceptors (Lipinski definition) is 3. The Morgan fingerprint density at radius 3 is 2.39 bits per heavy atom. The van der Waals surface area contributed by atoms with Gasteiger partial charge in [-0.15, -0.1) is 0 Å². The lowest BCUT2D eigenvalue weighted by Crippen LogP contribution is -2.38. The molecular formula is C15H20F4N2O2. The summed E-state index contributed by atoms with van der Waals surface area (Å²) in [6.45, 7) is 6.76. The van der Waals surface area contributed by atoms with Crippen LogP contribution in [0.15, 0.2) is 18.2 Å². The summed E-state index contributed by atoms with van der Waals surface area (Å²) < 4.78 is 56.5. The van der Waals surface area contributed by atoms with Gasteiger partial charge in [0.15, 0.2) is 0 Å². The molecule has 0 saturated carbocycles. The van der Waals surface area contributed by atoms with E-state index in [0.29, 0.717) is 12.1 Å². The summed E-state index contributed by atoms with van der Waals surface area (Å²) in [7, 11) is 0. The summed E-state index contributed by atoms with van der Waals surface area (Å²) in [5, 5.41) is 5.05. The second kappa shape index (κ2) is 7.06. The molecule has 1 atom stereocenters. The smallest absolute Gasteiger partial charge is 0.416 e. The van der Waals surface area contributed by atoms with Crippen molar-refractivity contribution in [2.24, 2.45) is 0 Å².